The molecule has 0 spiro atoms. The number of aldehydes is 1. The molecular weight excluding hydrogens is 250 g/mol. The van der Waals surface area contributed by atoms with E-state index in [1.165, 1.54) is 9.77 Å². The predicted octanol–water partition coefficient (Wildman–Crippen LogP) is 3.60. The van der Waals surface area contributed by atoms with E-state index in [0.29, 0.717) is 0 Å². The Morgan fingerprint density at radius 3 is 2.71 bits per heavy atom. The fraction of sp³-hybridized carbons (Fsp3) is 0.231. The number of hydrogen-bond acceptors (Lipinski definition) is 4. The van der Waals surface area contributed by atoms with Gasteiger partial charge in [0.1, 0.15) is 6.29 Å². The maximum absolute atomic E-state index is 10.5. The number of thiazole rings is 1. The zero-order valence-electron chi connectivity index (χ0n) is 9.55. The van der Waals surface area contributed by atoms with E-state index in [1.54, 1.807) is 11.3 Å². The topological polar surface area (TPSA) is 30.0 Å². The highest BCUT2D eigenvalue weighted by molar-refractivity contribution is 7.99. The van der Waals surface area contributed by atoms with Gasteiger partial charge in [-0.25, -0.2) is 4.98 Å². The van der Waals surface area contributed by atoms with Gasteiger partial charge in [0, 0.05) is 21.1 Å². The fourth-order valence-corrected chi connectivity index (χ4v) is 3.25. The van der Waals surface area contributed by atoms with Crippen LogP contribution < -0.4 is 0 Å². The quantitative estimate of drug-likeness (QED) is 0.610. The molecule has 0 atom stereocenters. The lowest BCUT2D eigenvalue weighted by Gasteiger charge is -2.01. The van der Waals surface area contributed by atoms with Gasteiger partial charge in [-0.2, -0.15) is 0 Å². The summed E-state index contributed by atoms with van der Waals surface area (Å²) in [6.45, 7) is 2.05. The molecule has 4 heteroatoms. The summed E-state index contributed by atoms with van der Waals surface area (Å²) >= 11 is 3.53. The van der Waals surface area contributed by atoms with Gasteiger partial charge in [-0.3, -0.25) is 4.79 Å². The van der Waals surface area contributed by atoms with Crippen LogP contribution in [0.3, 0.4) is 0 Å². The van der Waals surface area contributed by atoms with Crippen molar-refractivity contribution in [1.82, 2.24) is 4.98 Å². The number of carbonyl (C=O) groups excluding carboxylic acids is 1. The van der Waals surface area contributed by atoms with Crippen LogP contribution >= 0.6 is 23.1 Å². The third-order valence-corrected chi connectivity index (χ3v) is 4.47. The SMILES string of the molecule is Cc1ncsc1CCSc1ccc(C=O)cc1. The van der Waals surface area contributed by atoms with Crippen molar-refractivity contribution in [1.29, 1.82) is 0 Å². The Balaban J connectivity index is 1.85. The van der Waals surface area contributed by atoms with Gasteiger partial charge in [-0.05, 0) is 25.5 Å². The van der Waals surface area contributed by atoms with Crippen LogP contribution in [0.25, 0.3) is 0 Å². The zero-order chi connectivity index (χ0) is 12.1. The summed E-state index contributed by atoms with van der Waals surface area (Å²) < 4.78 is 0. The number of carbonyl (C=O) groups is 1. The van der Waals surface area contributed by atoms with E-state index in [9.17, 15) is 4.79 Å². The second-order valence-corrected chi connectivity index (χ2v) is 5.75. The van der Waals surface area contributed by atoms with Crippen molar-refractivity contribution in [2.24, 2.45) is 0 Å². The van der Waals surface area contributed by atoms with Crippen LogP contribution in [-0.2, 0) is 6.42 Å². The third kappa shape index (κ3) is 3.41. The molecule has 0 aliphatic rings. The number of rotatable bonds is 5. The predicted molar refractivity (Wildman–Crippen MR) is 73.1 cm³/mol. The highest BCUT2D eigenvalue weighted by Gasteiger charge is 2.01. The number of benzene rings is 1. The average molecular weight is 263 g/mol. The van der Waals surface area contributed by atoms with Gasteiger partial charge in [0.25, 0.3) is 0 Å². The van der Waals surface area contributed by atoms with Gasteiger partial charge in [0.2, 0.25) is 0 Å². The standard InChI is InChI=1S/C13H13NOS2/c1-10-13(17-9-14-10)6-7-16-12-4-2-11(8-15)3-5-12/h2-5,8-9H,6-7H2,1H3. The van der Waals surface area contributed by atoms with Gasteiger partial charge < -0.3 is 0 Å². The van der Waals surface area contributed by atoms with Crippen molar-refractivity contribution >= 4 is 29.4 Å². The van der Waals surface area contributed by atoms with Crippen LogP contribution in [0.5, 0.6) is 0 Å². The zero-order valence-corrected chi connectivity index (χ0v) is 11.2. The normalized spacial score (nSPS) is 10.4. The first-order chi connectivity index (χ1) is 8.29. The van der Waals surface area contributed by atoms with Gasteiger partial charge in [0.05, 0.1) is 11.2 Å². The Kier molecular flexibility index (Phi) is 4.34. The molecule has 0 fully saturated rings. The van der Waals surface area contributed by atoms with Crippen LogP contribution in [0.4, 0.5) is 0 Å². The molecule has 0 aliphatic heterocycles. The first-order valence-electron chi connectivity index (χ1n) is 5.36. The first-order valence-corrected chi connectivity index (χ1v) is 7.23. The lowest BCUT2D eigenvalue weighted by molar-refractivity contribution is 0.112. The molecule has 0 N–H and O–H groups in total. The molecule has 1 aromatic carbocycles. The largest absolute Gasteiger partial charge is 0.298 e. The lowest BCUT2D eigenvalue weighted by Crippen LogP contribution is -1.88. The Morgan fingerprint density at radius 2 is 2.12 bits per heavy atom. The molecule has 88 valence electrons. The molecule has 2 rings (SSSR count). The number of hydrogen-bond donors (Lipinski definition) is 0. The van der Waals surface area contributed by atoms with Crippen molar-refractivity contribution < 1.29 is 4.79 Å². The summed E-state index contributed by atoms with van der Waals surface area (Å²) in [5, 5.41) is 0. The summed E-state index contributed by atoms with van der Waals surface area (Å²) in [5.74, 6) is 1.05. The summed E-state index contributed by atoms with van der Waals surface area (Å²) in [6, 6.07) is 7.70. The van der Waals surface area contributed by atoms with E-state index >= 15 is 0 Å². The Labute approximate surface area is 109 Å². The first kappa shape index (κ1) is 12.3. The van der Waals surface area contributed by atoms with E-state index in [2.05, 4.69) is 11.9 Å². The maximum atomic E-state index is 10.5. The molecular formula is C13H13NOS2. The molecule has 0 radical (unpaired) electrons. The van der Waals surface area contributed by atoms with E-state index in [1.807, 2.05) is 41.5 Å². The van der Waals surface area contributed by atoms with E-state index in [-0.39, 0.29) is 0 Å². The van der Waals surface area contributed by atoms with Crippen molar-refractivity contribution in [2.45, 2.75) is 18.2 Å². The maximum Gasteiger partial charge on any atom is 0.150 e. The van der Waals surface area contributed by atoms with E-state index < -0.39 is 0 Å². The summed E-state index contributed by atoms with van der Waals surface area (Å²) in [4.78, 5) is 17.3. The Hall–Kier alpha value is -1.13. The van der Waals surface area contributed by atoms with Crippen LogP contribution in [-0.4, -0.2) is 17.0 Å². The number of thioether (sulfide) groups is 1. The van der Waals surface area contributed by atoms with E-state index in [0.717, 1.165) is 29.7 Å². The molecule has 0 bridgehead atoms. The Morgan fingerprint density at radius 1 is 1.35 bits per heavy atom. The number of nitrogens with zero attached hydrogens (tertiary/aromatic N) is 1. The highest BCUT2D eigenvalue weighted by atomic mass is 32.2. The van der Waals surface area contributed by atoms with Gasteiger partial charge in [-0.15, -0.1) is 23.1 Å². The monoisotopic (exact) mass is 263 g/mol. The smallest absolute Gasteiger partial charge is 0.150 e. The van der Waals surface area contributed by atoms with Crippen molar-refractivity contribution in [3.63, 3.8) is 0 Å². The molecule has 2 nitrogen and oxygen atoms in total. The van der Waals surface area contributed by atoms with E-state index in [4.69, 9.17) is 0 Å². The van der Waals surface area contributed by atoms with Crippen molar-refractivity contribution in [3.8, 4) is 0 Å². The molecule has 0 saturated carbocycles. The summed E-state index contributed by atoms with van der Waals surface area (Å²) in [6.07, 6.45) is 1.92. The molecule has 0 unspecified atom stereocenters. The van der Waals surface area contributed by atoms with Crippen molar-refractivity contribution in [2.75, 3.05) is 5.75 Å². The highest BCUT2D eigenvalue weighted by Crippen LogP contribution is 2.21. The third-order valence-electron chi connectivity index (χ3n) is 2.46. The molecule has 0 amide bonds. The number of aromatic nitrogens is 1. The van der Waals surface area contributed by atoms with Crippen LogP contribution in [0.2, 0.25) is 0 Å². The minimum absolute atomic E-state index is 0.729. The molecule has 1 aromatic heterocycles. The molecule has 17 heavy (non-hydrogen) atoms. The molecule has 0 saturated heterocycles. The van der Waals surface area contributed by atoms with Gasteiger partial charge in [-0.1, -0.05) is 12.1 Å². The van der Waals surface area contributed by atoms with Crippen molar-refractivity contribution in [3.05, 3.63) is 45.9 Å². The van der Waals surface area contributed by atoms with Gasteiger partial charge in [0.15, 0.2) is 0 Å². The van der Waals surface area contributed by atoms with Gasteiger partial charge >= 0.3 is 0 Å². The van der Waals surface area contributed by atoms with Crippen LogP contribution in [0.1, 0.15) is 20.9 Å². The molecule has 1 heterocycles. The second kappa shape index (κ2) is 5.98. The lowest BCUT2D eigenvalue weighted by atomic mass is 10.2. The molecule has 0 aliphatic carbocycles. The summed E-state index contributed by atoms with van der Waals surface area (Å²) in [7, 11) is 0. The minimum Gasteiger partial charge on any atom is -0.298 e. The minimum atomic E-state index is 0.729. The second-order valence-electron chi connectivity index (χ2n) is 3.65. The molecule has 2 aromatic rings. The summed E-state index contributed by atoms with van der Waals surface area (Å²) in [5.41, 5.74) is 3.77. The Bertz CT molecular complexity index is 490. The van der Waals surface area contributed by atoms with Crippen LogP contribution in [0.15, 0.2) is 34.7 Å². The number of aryl methyl sites for hydroxylation is 2. The fourth-order valence-electron chi connectivity index (χ4n) is 1.47. The van der Waals surface area contributed by atoms with Crippen LogP contribution in [0, 0.1) is 6.92 Å². The average Bonchev–Trinajstić information content (AvgIpc) is 2.76.